The maximum atomic E-state index is 13.5. The summed E-state index contributed by atoms with van der Waals surface area (Å²) in [4.78, 5) is 0. The predicted octanol–water partition coefficient (Wildman–Crippen LogP) is 4.58. The Hall–Kier alpha value is -1.26. The molecule has 0 bridgehead atoms. The number of rotatable bonds is 4. The van der Waals surface area contributed by atoms with Crippen LogP contribution in [-0.2, 0) is 6.54 Å². The molecule has 0 radical (unpaired) electrons. The summed E-state index contributed by atoms with van der Waals surface area (Å²) in [5.41, 5.74) is 1.14. The van der Waals surface area contributed by atoms with Crippen molar-refractivity contribution in [2.75, 3.05) is 0 Å². The molecule has 0 amide bonds. The third kappa shape index (κ3) is 3.61. The number of nitrogens with one attached hydrogen (secondary N) is 1. The SMILES string of the molecule is C[C@@H](NCc1c(F)cccc1F)c1ccc(Br)cc1. The highest BCUT2D eigenvalue weighted by atomic mass is 79.9. The molecule has 0 fully saturated rings. The fraction of sp³-hybridized carbons (Fsp3) is 0.200. The van der Waals surface area contributed by atoms with Crippen LogP contribution in [0.3, 0.4) is 0 Å². The van der Waals surface area contributed by atoms with E-state index in [4.69, 9.17) is 0 Å². The molecule has 0 heterocycles. The first-order chi connectivity index (χ1) is 9.08. The van der Waals surface area contributed by atoms with Crippen molar-refractivity contribution in [1.29, 1.82) is 0 Å². The first-order valence-corrected chi connectivity index (χ1v) is 6.79. The molecule has 0 aliphatic carbocycles. The Morgan fingerprint density at radius 2 is 1.63 bits per heavy atom. The predicted molar refractivity (Wildman–Crippen MR) is 75.8 cm³/mol. The molecule has 0 spiro atoms. The van der Waals surface area contributed by atoms with Crippen molar-refractivity contribution in [2.45, 2.75) is 19.5 Å². The van der Waals surface area contributed by atoms with Crippen LogP contribution in [0.1, 0.15) is 24.1 Å². The van der Waals surface area contributed by atoms with E-state index in [1.165, 1.54) is 18.2 Å². The summed E-state index contributed by atoms with van der Waals surface area (Å²) < 4.78 is 27.9. The Morgan fingerprint density at radius 1 is 1.05 bits per heavy atom. The molecule has 1 atom stereocenters. The van der Waals surface area contributed by atoms with Crippen molar-refractivity contribution >= 4 is 15.9 Å². The van der Waals surface area contributed by atoms with Gasteiger partial charge in [0.25, 0.3) is 0 Å². The van der Waals surface area contributed by atoms with E-state index in [1.54, 1.807) is 0 Å². The second kappa shape index (κ2) is 6.26. The molecule has 0 unspecified atom stereocenters. The Kier molecular flexibility index (Phi) is 4.66. The lowest BCUT2D eigenvalue weighted by Gasteiger charge is -2.15. The van der Waals surface area contributed by atoms with Crippen LogP contribution in [0.25, 0.3) is 0 Å². The normalized spacial score (nSPS) is 12.4. The molecule has 0 saturated carbocycles. The minimum atomic E-state index is -0.518. The van der Waals surface area contributed by atoms with Gasteiger partial charge in [-0.3, -0.25) is 0 Å². The van der Waals surface area contributed by atoms with E-state index in [9.17, 15) is 8.78 Å². The Labute approximate surface area is 119 Å². The first kappa shape index (κ1) is 14.2. The van der Waals surface area contributed by atoms with E-state index in [0.717, 1.165) is 10.0 Å². The molecule has 0 aliphatic rings. The maximum Gasteiger partial charge on any atom is 0.130 e. The quantitative estimate of drug-likeness (QED) is 0.867. The van der Waals surface area contributed by atoms with Gasteiger partial charge in [-0.25, -0.2) is 8.78 Å². The summed E-state index contributed by atoms with van der Waals surface area (Å²) in [6.45, 7) is 2.12. The Balaban J connectivity index is 2.04. The van der Waals surface area contributed by atoms with Crippen molar-refractivity contribution < 1.29 is 8.78 Å². The average Bonchev–Trinajstić information content (AvgIpc) is 2.38. The minimum absolute atomic E-state index is 0.0205. The van der Waals surface area contributed by atoms with E-state index in [1.807, 2.05) is 31.2 Å². The molecule has 0 aliphatic heterocycles. The third-order valence-electron chi connectivity index (χ3n) is 3.02. The van der Waals surface area contributed by atoms with Crippen molar-refractivity contribution in [2.24, 2.45) is 0 Å². The average molecular weight is 326 g/mol. The fourth-order valence-electron chi connectivity index (χ4n) is 1.83. The van der Waals surface area contributed by atoms with Gasteiger partial charge in [-0.2, -0.15) is 0 Å². The smallest absolute Gasteiger partial charge is 0.130 e. The van der Waals surface area contributed by atoms with Gasteiger partial charge < -0.3 is 5.32 Å². The van der Waals surface area contributed by atoms with Crippen LogP contribution >= 0.6 is 15.9 Å². The molecule has 2 rings (SSSR count). The zero-order valence-electron chi connectivity index (χ0n) is 10.5. The van der Waals surface area contributed by atoms with Crippen LogP contribution in [0, 0.1) is 11.6 Å². The van der Waals surface area contributed by atoms with Gasteiger partial charge in [0, 0.05) is 22.6 Å². The lowest BCUT2D eigenvalue weighted by atomic mass is 10.1. The molecule has 0 aromatic heterocycles. The second-order valence-corrected chi connectivity index (χ2v) is 5.27. The molecule has 4 heteroatoms. The lowest BCUT2D eigenvalue weighted by molar-refractivity contribution is 0.509. The Bertz CT molecular complexity index is 534. The van der Waals surface area contributed by atoms with Gasteiger partial charge in [-0.05, 0) is 36.8 Å². The molecule has 1 nitrogen and oxygen atoms in total. The zero-order valence-corrected chi connectivity index (χ0v) is 12.0. The topological polar surface area (TPSA) is 12.0 Å². The van der Waals surface area contributed by atoms with Crippen LogP contribution in [0.4, 0.5) is 8.78 Å². The summed E-state index contributed by atoms with van der Waals surface area (Å²) in [6, 6.07) is 11.8. The molecule has 2 aromatic rings. The maximum absolute atomic E-state index is 13.5. The number of halogens is 3. The van der Waals surface area contributed by atoms with Crippen LogP contribution in [0.15, 0.2) is 46.9 Å². The standard InChI is InChI=1S/C15H14BrF2N/c1-10(11-5-7-12(16)8-6-11)19-9-13-14(17)3-2-4-15(13)18/h2-8,10,19H,9H2,1H3/t10-/m1/s1. The molecule has 19 heavy (non-hydrogen) atoms. The first-order valence-electron chi connectivity index (χ1n) is 5.99. The number of benzene rings is 2. The monoisotopic (exact) mass is 325 g/mol. The molecular weight excluding hydrogens is 312 g/mol. The Morgan fingerprint density at radius 3 is 2.21 bits per heavy atom. The molecule has 100 valence electrons. The van der Waals surface area contributed by atoms with E-state index in [0.29, 0.717) is 0 Å². The van der Waals surface area contributed by atoms with Crippen molar-refractivity contribution in [1.82, 2.24) is 5.32 Å². The van der Waals surface area contributed by atoms with Crippen LogP contribution in [0.2, 0.25) is 0 Å². The third-order valence-corrected chi connectivity index (χ3v) is 3.55. The molecule has 0 saturated heterocycles. The van der Waals surface area contributed by atoms with Gasteiger partial charge in [-0.1, -0.05) is 34.1 Å². The molecular formula is C15H14BrF2N. The van der Waals surface area contributed by atoms with Crippen LogP contribution < -0.4 is 5.32 Å². The van der Waals surface area contributed by atoms with E-state index in [2.05, 4.69) is 21.2 Å². The van der Waals surface area contributed by atoms with E-state index < -0.39 is 11.6 Å². The van der Waals surface area contributed by atoms with Crippen molar-refractivity contribution in [3.63, 3.8) is 0 Å². The highest BCUT2D eigenvalue weighted by Gasteiger charge is 2.10. The highest BCUT2D eigenvalue weighted by molar-refractivity contribution is 9.10. The number of hydrogen-bond donors (Lipinski definition) is 1. The van der Waals surface area contributed by atoms with Gasteiger partial charge in [0.05, 0.1) is 0 Å². The lowest BCUT2D eigenvalue weighted by Crippen LogP contribution is -2.19. The summed E-state index contributed by atoms with van der Waals surface area (Å²) >= 11 is 3.37. The summed E-state index contributed by atoms with van der Waals surface area (Å²) in [5.74, 6) is -1.04. The number of hydrogen-bond acceptors (Lipinski definition) is 1. The van der Waals surface area contributed by atoms with E-state index in [-0.39, 0.29) is 18.2 Å². The van der Waals surface area contributed by atoms with Gasteiger partial charge in [0.2, 0.25) is 0 Å². The largest absolute Gasteiger partial charge is 0.306 e. The summed E-state index contributed by atoms with van der Waals surface area (Å²) in [7, 11) is 0. The minimum Gasteiger partial charge on any atom is -0.306 e. The summed E-state index contributed by atoms with van der Waals surface area (Å²) in [6.07, 6.45) is 0. The van der Waals surface area contributed by atoms with Crippen molar-refractivity contribution in [3.8, 4) is 0 Å². The molecule has 2 aromatic carbocycles. The van der Waals surface area contributed by atoms with Crippen molar-refractivity contribution in [3.05, 3.63) is 69.7 Å². The highest BCUT2D eigenvalue weighted by Crippen LogP contribution is 2.18. The van der Waals surface area contributed by atoms with E-state index >= 15 is 0 Å². The van der Waals surface area contributed by atoms with Gasteiger partial charge in [0.15, 0.2) is 0 Å². The van der Waals surface area contributed by atoms with Gasteiger partial charge in [-0.15, -0.1) is 0 Å². The zero-order chi connectivity index (χ0) is 13.8. The van der Waals surface area contributed by atoms with Crippen LogP contribution in [-0.4, -0.2) is 0 Å². The fourth-order valence-corrected chi connectivity index (χ4v) is 2.09. The summed E-state index contributed by atoms with van der Waals surface area (Å²) in [5, 5.41) is 3.12. The van der Waals surface area contributed by atoms with Gasteiger partial charge in [0.1, 0.15) is 11.6 Å². The second-order valence-electron chi connectivity index (χ2n) is 4.35. The molecule has 1 N–H and O–H groups in total. The van der Waals surface area contributed by atoms with Gasteiger partial charge >= 0.3 is 0 Å². The van der Waals surface area contributed by atoms with Crippen LogP contribution in [0.5, 0.6) is 0 Å².